The van der Waals surface area contributed by atoms with E-state index in [0.717, 1.165) is 16.8 Å². The molecule has 26 heavy (non-hydrogen) atoms. The van der Waals surface area contributed by atoms with Crippen LogP contribution in [0.2, 0.25) is 0 Å². The van der Waals surface area contributed by atoms with Crippen molar-refractivity contribution in [2.75, 3.05) is 25.0 Å². The second-order valence-corrected chi connectivity index (χ2v) is 6.09. The molecule has 138 valence electrons. The van der Waals surface area contributed by atoms with E-state index in [1.165, 1.54) is 0 Å². The van der Waals surface area contributed by atoms with Gasteiger partial charge in [-0.2, -0.15) is 0 Å². The molecule has 0 aliphatic heterocycles. The van der Waals surface area contributed by atoms with Crippen molar-refractivity contribution in [2.45, 2.75) is 26.8 Å². The third-order valence-electron chi connectivity index (χ3n) is 4.32. The maximum atomic E-state index is 12.8. The first-order valence-electron chi connectivity index (χ1n) is 9.02. The van der Waals surface area contributed by atoms with Crippen LogP contribution in [0.3, 0.4) is 0 Å². The summed E-state index contributed by atoms with van der Waals surface area (Å²) in [6.07, 6.45) is 0. The third kappa shape index (κ3) is 5.17. The maximum Gasteiger partial charge on any atom is 0.241 e. The van der Waals surface area contributed by atoms with Gasteiger partial charge in [0.1, 0.15) is 0 Å². The standard InChI is InChI=1S/C21H27N3O2/c1-4-22-20(25)15-24(5-2)16(3)21(26)23-19-14-10-9-13-18(19)17-11-7-6-8-12-17/h6-14,16H,4-5,15H2,1-3H3,(H,22,25)(H,23,26)/t16-/m0/s1. The van der Waals surface area contributed by atoms with Gasteiger partial charge in [-0.25, -0.2) is 0 Å². The Kier molecular flexibility index (Phi) is 7.36. The largest absolute Gasteiger partial charge is 0.355 e. The minimum atomic E-state index is -0.411. The molecule has 2 aromatic carbocycles. The van der Waals surface area contributed by atoms with Crippen molar-refractivity contribution < 1.29 is 9.59 Å². The minimum Gasteiger partial charge on any atom is -0.355 e. The maximum absolute atomic E-state index is 12.8. The van der Waals surface area contributed by atoms with Gasteiger partial charge in [0.05, 0.1) is 12.6 Å². The number of likely N-dealkylation sites (N-methyl/N-ethyl adjacent to an activating group) is 2. The van der Waals surface area contributed by atoms with Crippen LogP contribution in [0.1, 0.15) is 20.8 Å². The summed E-state index contributed by atoms with van der Waals surface area (Å²) in [5.41, 5.74) is 2.79. The van der Waals surface area contributed by atoms with Crippen LogP contribution in [0, 0.1) is 0 Å². The van der Waals surface area contributed by atoms with Crippen LogP contribution in [0.15, 0.2) is 54.6 Å². The number of amides is 2. The van der Waals surface area contributed by atoms with Crippen LogP contribution >= 0.6 is 0 Å². The second kappa shape index (κ2) is 9.73. The fraction of sp³-hybridized carbons (Fsp3) is 0.333. The second-order valence-electron chi connectivity index (χ2n) is 6.09. The van der Waals surface area contributed by atoms with Gasteiger partial charge in [0.25, 0.3) is 0 Å². The summed E-state index contributed by atoms with van der Waals surface area (Å²) >= 11 is 0. The Morgan fingerprint density at radius 2 is 1.65 bits per heavy atom. The smallest absolute Gasteiger partial charge is 0.241 e. The topological polar surface area (TPSA) is 61.4 Å². The number of rotatable bonds is 8. The van der Waals surface area contributed by atoms with E-state index < -0.39 is 6.04 Å². The van der Waals surface area contributed by atoms with Gasteiger partial charge in [0.2, 0.25) is 11.8 Å². The lowest BCUT2D eigenvalue weighted by molar-refractivity contribution is -0.125. The predicted octanol–water partition coefficient (Wildman–Crippen LogP) is 3.14. The summed E-state index contributed by atoms with van der Waals surface area (Å²) in [6.45, 7) is 7.06. The summed E-state index contributed by atoms with van der Waals surface area (Å²) < 4.78 is 0. The molecule has 0 aliphatic rings. The number of para-hydroxylation sites is 1. The number of hydrogen-bond donors (Lipinski definition) is 2. The Bertz CT molecular complexity index is 731. The van der Waals surface area contributed by atoms with Gasteiger partial charge >= 0.3 is 0 Å². The molecule has 0 spiro atoms. The molecular formula is C21H27N3O2. The number of anilines is 1. The van der Waals surface area contributed by atoms with Gasteiger partial charge in [-0.05, 0) is 32.0 Å². The first-order valence-corrected chi connectivity index (χ1v) is 9.02. The van der Waals surface area contributed by atoms with Gasteiger partial charge in [0, 0.05) is 17.8 Å². The Morgan fingerprint density at radius 3 is 2.31 bits per heavy atom. The highest BCUT2D eigenvalue weighted by Crippen LogP contribution is 2.27. The van der Waals surface area contributed by atoms with Gasteiger partial charge in [-0.15, -0.1) is 0 Å². The van der Waals surface area contributed by atoms with Crippen molar-refractivity contribution in [1.82, 2.24) is 10.2 Å². The number of carbonyl (C=O) groups excluding carboxylic acids is 2. The number of nitrogens with zero attached hydrogens (tertiary/aromatic N) is 1. The third-order valence-corrected chi connectivity index (χ3v) is 4.32. The van der Waals surface area contributed by atoms with Crippen LogP contribution in [0.5, 0.6) is 0 Å². The number of benzene rings is 2. The molecule has 2 rings (SSSR count). The van der Waals surface area contributed by atoms with E-state index in [1.54, 1.807) is 0 Å². The zero-order valence-corrected chi connectivity index (χ0v) is 15.7. The van der Waals surface area contributed by atoms with E-state index in [2.05, 4.69) is 10.6 Å². The van der Waals surface area contributed by atoms with E-state index in [1.807, 2.05) is 80.3 Å². The molecule has 5 nitrogen and oxygen atoms in total. The number of carbonyl (C=O) groups is 2. The lowest BCUT2D eigenvalue weighted by atomic mass is 10.0. The molecule has 0 bridgehead atoms. The quantitative estimate of drug-likeness (QED) is 0.766. The normalized spacial score (nSPS) is 11.8. The molecule has 0 fully saturated rings. The Hall–Kier alpha value is -2.66. The molecule has 0 aromatic heterocycles. The SMILES string of the molecule is CCNC(=O)CN(CC)[C@@H](C)C(=O)Nc1ccccc1-c1ccccc1. The molecular weight excluding hydrogens is 326 g/mol. The van der Waals surface area contributed by atoms with Crippen LogP contribution in [0.4, 0.5) is 5.69 Å². The Balaban J connectivity index is 2.13. The lowest BCUT2D eigenvalue weighted by Gasteiger charge is -2.26. The lowest BCUT2D eigenvalue weighted by Crippen LogP contribution is -2.46. The number of hydrogen-bond acceptors (Lipinski definition) is 3. The zero-order chi connectivity index (χ0) is 18.9. The van der Waals surface area contributed by atoms with E-state index in [0.29, 0.717) is 13.1 Å². The van der Waals surface area contributed by atoms with Crippen molar-refractivity contribution in [3.8, 4) is 11.1 Å². The molecule has 1 atom stereocenters. The Labute approximate surface area is 155 Å². The van der Waals surface area contributed by atoms with Crippen molar-refractivity contribution in [2.24, 2.45) is 0 Å². The molecule has 0 heterocycles. The first kappa shape index (κ1) is 19.7. The average molecular weight is 353 g/mol. The highest BCUT2D eigenvalue weighted by Gasteiger charge is 2.22. The minimum absolute atomic E-state index is 0.0707. The molecule has 2 amide bonds. The van der Waals surface area contributed by atoms with E-state index in [-0.39, 0.29) is 18.4 Å². The molecule has 2 N–H and O–H groups in total. The molecule has 0 radical (unpaired) electrons. The fourth-order valence-corrected chi connectivity index (χ4v) is 2.82. The van der Waals surface area contributed by atoms with Crippen molar-refractivity contribution in [3.63, 3.8) is 0 Å². The van der Waals surface area contributed by atoms with Crippen molar-refractivity contribution in [1.29, 1.82) is 0 Å². The summed E-state index contributed by atoms with van der Waals surface area (Å²) in [4.78, 5) is 26.5. The highest BCUT2D eigenvalue weighted by molar-refractivity contribution is 5.98. The van der Waals surface area contributed by atoms with E-state index in [9.17, 15) is 9.59 Å². The van der Waals surface area contributed by atoms with Gasteiger partial charge < -0.3 is 10.6 Å². The molecule has 0 saturated heterocycles. The van der Waals surface area contributed by atoms with Gasteiger partial charge in [0.15, 0.2) is 0 Å². The summed E-state index contributed by atoms with van der Waals surface area (Å²) in [6, 6.07) is 17.3. The van der Waals surface area contributed by atoms with Gasteiger partial charge in [-0.1, -0.05) is 55.5 Å². The monoisotopic (exact) mass is 353 g/mol. The predicted molar refractivity (Wildman–Crippen MR) is 106 cm³/mol. The molecule has 0 unspecified atom stereocenters. The van der Waals surface area contributed by atoms with Gasteiger partial charge in [-0.3, -0.25) is 14.5 Å². The Morgan fingerprint density at radius 1 is 1.00 bits per heavy atom. The van der Waals surface area contributed by atoms with Crippen LogP contribution in [0.25, 0.3) is 11.1 Å². The van der Waals surface area contributed by atoms with Crippen molar-refractivity contribution >= 4 is 17.5 Å². The van der Waals surface area contributed by atoms with Crippen molar-refractivity contribution in [3.05, 3.63) is 54.6 Å². The van der Waals surface area contributed by atoms with E-state index >= 15 is 0 Å². The summed E-state index contributed by atoms with van der Waals surface area (Å²) in [5.74, 6) is -0.196. The van der Waals surface area contributed by atoms with E-state index in [4.69, 9.17) is 0 Å². The average Bonchev–Trinajstić information content (AvgIpc) is 2.67. The summed E-state index contributed by atoms with van der Waals surface area (Å²) in [7, 11) is 0. The first-order chi connectivity index (χ1) is 12.6. The fourth-order valence-electron chi connectivity index (χ4n) is 2.82. The molecule has 5 heteroatoms. The highest BCUT2D eigenvalue weighted by atomic mass is 16.2. The zero-order valence-electron chi connectivity index (χ0n) is 15.7. The van der Waals surface area contributed by atoms with Crippen LogP contribution in [-0.2, 0) is 9.59 Å². The van der Waals surface area contributed by atoms with Crippen LogP contribution < -0.4 is 10.6 Å². The molecule has 0 saturated carbocycles. The van der Waals surface area contributed by atoms with Crippen LogP contribution in [-0.4, -0.2) is 42.4 Å². The number of nitrogens with one attached hydrogen (secondary N) is 2. The summed E-state index contributed by atoms with van der Waals surface area (Å²) in [5, 5.41) is 5.79. The molecule has 2 aromatic rings. The molecule has 0 aliphatic carbocycles.